The Labute approximate surface area is 122 Å². The molecule has 1 aromatic carbocycles. The number of benzene rings is 1. The van der Waals surface area contributed by atoms with Crippen LogP contribution < -0.4 is 0 Å². The van der Waals surface area contributed by atoms with Crippen molar-refractivity contribution in [3.8, 4) is 6.07 Å². The van der Waals surface area contributed by atoms with Gasteiger partial charge in [0.15, 0.2) is 0 Å². The first kappa shape index (κ1) is 15.1. The molecule has 2 rings (SSSR count). The van der Waals surface area contributed by atoms with E-state index in [1.807, 2.05) is 18.2 Å². The summed E-state index contributed by atoms with van der Waals surface area (Å²) in [5, 5.41) is 20.2. The van der Waals surface area contributed by atoms with Crippen LogP contribution in [0.15, 0.2) is 30.3 Å². The highest BCUT2D eigenvalue weighted by atomic mass is 16.3. The normalized spacial score (nSPS) is 20.4. The smallest absolute Gasteiger partial charge is 0.0832 e. The maximum absolute atomic E-state index is 10.6. The van der Waals surface area contributed by atoms with Crippen LogP contribution in [0.3, 0.4) is 0 Å². The Morgan fingerprint density at radius 2 is 1.65 bits per heavy atom. The number of aliphatic hydroxyl groups is 1. The van der Waals surface area contributed by atoms with Gasteiger partial charge in [0.25, 0.3) is 0 Å². The number of aliphatic hydroxyl groups excluding tert-OH is 1. The molecule has 108 valence electrons. The molecule has 1 unspecified atom stereocenters. The second-order valence-corrected chi connectivity index (χ2v) is 6.08. The number of nitriles is 1. The number of nitrogens with zero attached hydrogens (tertiary/aromatic N) is 1. The molecule has 1 aliphatic rings. The van der Waals surface area contributed by atoms with Crippen molar-refractivity contribution in [3.05, 3.63) is 35.9 Å². The lowest BCUT2D eigenvalue weighted by Crippen LogP contribution is -2.35. The fourth-order valence-corrected chi connectivity index (χ4v) is 3.28. The molecule has 1 aromatic rings. The highest BCUT2D eigenvalue weighted by Gasteiger charge is 2.37. The Bertz CT molecular complexity index is 426. The average molecular weight is 271 g/mol. The molecule has 0 spiro atoms. The molecule has 0 radical (unpaired) electrons. The highest BCUT2D eigenvalue weighted by molar-refractivity contribution is 5.15. The number of aryl methyl sites for hydroxylation is 1. The van der Waals surface area contributed by atoms with E-state index in [2.05, 4.69) is 18.2 Å². The summed E-state index contributed by atoms with van der Waals surface area (Å²) < 4.78 is 0. The molecule has 1 aliphatic carbocycles. The maximum atomic E-state index is 10.6. The third kappa shape index (κ3) is 3.84. The number of rotatable bonds is 4. The van der Waals surface area contributed by atoms with Crippen LogP contribution >= 0.6 is 0 Å². The predicted molar refractivity (Wildman–Crippen MR) is 81.1 cm³/mol. The Balaban J connectivity index is 1.97. The van der Waals surface area contributed by atoms with Crippen molar-refractivity contribution >= 4 is 0 Å². The zero-order valence-corrected chi connectivity index (χ0v) is 12.2. The summed E-state index contributed by atoms with van der Waals surface area (Å²) in [4.78, 5) is 0. The topological polar surface area (TPSA) is 44.0 Å². The van der Waals surface area contributed by atoms with Crippen LogP contribution in [0.25, 0.3) is 0 Å². The van der Waals surface area contributed by atoms with E-state index in [-0.39, 0.29) is 0 Å². The standard InChI is InChI=1S/C18H25NO/c19-15-18(13-7-2-1-3-8-14-18)17(20)12-11-16-9-5-4-6-10-16/h4-6,9-10,17,20H,1-3,7-8,11-14H2. The minimum absolute atomic E-state index is 0.495. The first-order chi connectivity index (χ1) is 9.77. The van der Waals surface area contributed by atoms with Crippen molar-refractivity contribution in [2.75, 3.05) is 0 Å². The zero-order valence-electron chi connectivity index (χ0n) is 12.2. The quantitative estimate of drug-likeness (QED) is 0.890. The van der Waals surface area contributed by atoms with Crippen molar-refractivity contribution in [2.45, 2.75) is 63.9 Å². The molecule has 0 saturated heterocycles. The van der Waals surface area contributed by atoms with Crippen LogP contribution in [0.2, 0.25) is 0 Å². The van der Waals surface area contributed by atoms with Crippen molar-refractivity contribution in [2.24, 2.45) is 5.41 Å². The molecular formula is C18H25NO. The van der Waals surface area contributed by atoms with E-state index in [4.69, 9.17) is 0 Å². The third-order valence-electron chi connectivity index (χ3n) is 4.66. The number of hydrogen-bond donors (Lipinski definition) is 1. The summed E-state index contributed by atoms with van der Waals surface area (Å²) in [7, 11) is 0. The van der Waals surface area contributed by atoms with Crippen LogP contribution in [0.1, 0.15) is 56.9 Å². The van der Waals surface area contributed by atoms with Crippen LogP contribution in [-0.4, -0.2) is 11.2 Å². The Kier molecular flexibility index (Phi) is 5.61. The first-order valence-electron chi connectivity index (χ1n) is 7.90. The lowest BCUT2D eigenvalue weighted by molar-refractivity contribution is 0.0381. The Hall–Kier alpha value is -1.33. The molecule has 1 saturated carbocycles. The van der Waals surface area contributed by atoms with E-state index in [0.29, 0.717) is 6.42 Å². The van der Waals surface area contributed by atoms with E-state index < -0.39 is 11.5 Å². The lowest BCUT2D eigenvalue weighted by atomic mass is 9.72. The molecule has 1 atom stereocenters. The second-order valence-electron chi connectivity index (χ2n) is 6.08. The van der Waals surface area contributed by atoms with E-state index in [0.717, 1.165) is 32.1 Å². The first-order valence-corrected chi connectivity index (χ1v) is 7.90. The van der Waals surface area contributed by atoms with E-state index in [9.17, 15) is 10.4 Å². The molecule has 1 fully saturated rings. The SMILES string of the molecule is N#CC1(C(O)CCc2ccccc2)CCCCCCC1. The Morgan fingerprint density at radius 1 is 1.05 bits per heavy atom. The Morgan fingerprint density at radius 3 is 2.25 bits per heavy atom. The largest absolute Gasteiger partial charge is 0.391 e. The summed E-state index contributed by atoms with van der Waals surface area (Å²) in [5.74, 6) is 0. The van der Waals surface area contributed by atoms with Crippen molar-refractivity contribution < 1.29 is 5.11 Å². The minimum atomic E-state index is -0.505. The van der Waals surface area contributed by atoms with Crippen LogP contribution in [0.4, 0.5) is 0 Å². The molecule has 0 bridgehead atoms. The summed E-state index contributed by atoms with van der Waals surface area (Å²) in [6, 6.07) is 12.7. The van der Waals surface area contributed by atoms with Crippen LogP contribution in [0.5, 0.6) is 0 Å². The predicted octanol–water partition coefficient (Wildman–Crippen LogP) is 4.23. The van der Waals surface area contributed by atoms with Gasteiger partial charge in [0, 0.05) is 0 Å². The van der Waals surface area contributed by atoms with Gasteiger partial charge in [-0.15, -0.1) is 0 Å². The van der Waals surface area contributed by atoms with Crippen molar-refractivity contribution in [1.29, 1.82) is 5.26 Å². The number of hydrogen-bond acceptors (Lipinski definition) is 2. The van der Waals surface area contributed by atoms with Gasteiger partial charge in [0.1, 0.15) is 0 Å². The monoisotopic (exact) mass is 271 g/mol. The summed E-state index contributed by atoms with van der Waals surface area (Å²) >= 11 is 0. The van der Waals surface area contributed by atoms with Gasteiger partial charge in [-0.25, -0.2) is 0 Å². The third-order valence-corrected chi connectivity index (χ3v) is 4.66. The zero-order chi connectivity index (χ0) is 14.3. The second kappa shape index (κ2) is 7.45. The van der Waals surface area contributed by atoms with Gasteiger partial charge >= 0.3 is 0 Å². The highest BCUT2D eigenvalue weighted by Crippen LogP contribution is 2.38. The van der Waals surface area contributed by atoms with Gasteiger partial charge in [-0.2, -0.15) is 5.26 Å². The minimum Gasteiger partial charge on any atom is -0.391 e. The molecule has 0 aromatic heterocycles. The molecule has 2 heteroatoms. The van der Waals surface area contributed by atoms with Gasteiger partial charge in [0.05, 0.1) is 17.6 Å². The van der Waals surface area contributed by atoms with Gasteiger partial charge in [-0.05, 0) is 31.2 Å². The molecule has 0 heterocycles. The molecule has 1 N–H and O–H groups in total. The van der Waals surface area contributed by atoms with Gasteiger partial charge in [0.2, 0.25) is 0 Å². The van der Waals surface area contributed by atoms with Crippen LogP contribution in [0, 0.1) is 16.7 Å². The average Bonchev–Trinajstić information content (AvgIpc) is 2.46. The van der Waals surface area contributed by atoms with E-state index in [1.165, 1.54) is 24.8 Å². The summed E-state index contributed by atoms with van der Waals surface area (Å²) in [6.45, 7) is 0. The maximum Gasteiger partial charge on any atom is 0.0832 e. The summed E-state index contributed by atoms with van der Waals surface area (Å²) in [6.07, 6.45) is 8.62. The van der Waals surface area contributed by atoms with Crippen LogP contribution in [-0.2, 0) is 6.42 Å². The van der Waals surface area contributed by atoms with E-state index >= 15 is 0 Å². The molecule has 0 aliphatic heterocycles. The van der Waals surface area contributed by atoms with Crippen molar-refractivity contribution in [3.63, 3.8) is 0 Å². The summed E-state index contributed by atoms with van der Waals surface area (Å²) in [5.41, 5.74) is 0.736. The molecule has 2 nitrogen and oxygen atoms in total. The van der Waals surface area contributed by atoms with Crippen molar-refractivity contribution in [1.82, 2.24) is 0 Å². The van der Waals surface area contributed by atoms with E-state index in [1.54, 1.807) is 0 Å². The van der Waals surface area contributed by atoms with Gasteiger partial charge in [-0.3, -0.25) is 0 Å². The van der Waals surface area contributed by atoms with Gasteiger partial charge < -0.3 is 5.11 Å². The molecule has 0 amide bonds. The fourth-order valence-electron chi connectivity index (χ4n) is 3.28. The molecular weight excluding hydrogens is 246 g/mol. The lowest BCUT2D eigenvalue weighted by Gasteiger charge is -2.33. The van der Waals surface area contributed by atoms with Gasteiger partial charge in [-0.1, -0.05) is 62.4 Å². The fraction of sp³-hybridized carbons (Fsp3) is 0.611. The molecule has 20 heavy (non-hydrogen) atoms.